The van der Waals surface area contributed by atoms with E-state index >= 15 is 0 Å². The van der Waals surface area contributed by atoms with Gasteiger partial charge in [-0.2, -0.15) is 0 Å². The molecule has 3 rings (SSSR count). The summed E-state index contributed by atoms with van der Waals surface area (Å²) in [6.07, 6.45) is 7.59. The first-order valence-electron chi connectivity index (χ1n) is 7.21. The fraction of sp³-hybridized carbons (Fsp3) is 0.235. The molecule has 0 aromatic carbocycles. The molecule has 5 heteroatoms. The zero-order valence-electron chi connectivity index (χ0n) is 12.6. The van der Waals surface area contributed by atoms with Gasteiger partial charge in [-0.3, -0.25) is 4.98 Å². The highest BCUT2D eigenvalue weighted by atomic mass is 32.1. The topological polar surface area (TPSA) is 47.9 Å². The molecule has 4 nitrogen and oxygen atoms in total. The van der Waals surface area contributed by atoms with Gasteiger partial charge in [-0.15, -0.1) is 11.3 Å². The van der Waals surface area contributed by atoms with E-state index in [-0.39, 0.29) is 0 Å². The van der Waals surface area contributed by atoms with Crippen molar-refractivity contribution in [3.8, 4) is 26.9 Å². The molecule has 3 heterocycles. The molecule has 22 heavy (non-hydrogen) atoms. The molecule has 0 aliphatic carbocycles. The number of hydrogen-bond donors (Lipinski definition) is 0. The molecule has 0 fully saturated rings. The lowest BCUT2D eigenvalue weighted by Crippen LogP contribution is -1.88. The zero-order chi connectivity index (χ0) is 15.4. The summed E-state index contributed by atoms with van der Waals surface area (Å²) >= 11 is 1.66. The second kappa shape index (κ2) is 6.66. The first-order chi connectivity index (χ1) is 10.8. The van der Waals surface area contributed by atoms with Crippen molar-refractivity contribution < 1.29 is 4.74 Å². The third-order valence-electron chi connectivity index (χ3n) is 3.30. The number of hydrogen-bond acceptors (Lipinski definition) is 5. The van der Waals surface area contributed by atoms with Crippen molar-refractivity contribution >= 4 is 11.3 Å². The zero-order valence-corrected chi connectivity index (χ0v) is 13.4. The summed E-state index contributed by atoms with van der Waals surface area (Å²) in [6, 6.07) is 8.02. The van der Waals surface area contributed by atoms with Crippen molar-refractivity contribution in [2.75, 3.05) is 7.11 Å². The molecule has 0 aliphatic rings. The maximum absolute atomic E-state index is 5.18. The Morgan fingerprint density at radius 1 is 1.05 bits per heavy atom. The van der Waals surface area contributed by atoms with Gasteiger partial charge in [0.25, 0.3) is 0 Å². The Morgan fingerprint density at radius 2 is 1.86 bits per heavy atom. The molecule has 0 aliphatic heterocycles. The quantitative estimate of drug-likeness (QED) is 0.707. The summed E-state index contributed by atoms with van der Waals surface area (Å²) in [7, 11) is 1.62. The molecule has 0 atom stereocenters. The number of thiazole rings is 1. The lowest BCUT2D eigenvalue weighted by molar-refractivity contribution is 0.398. The maximum atomic E-state index is 5.18. The third-order valence-corrected chi connectivity index (χ3v) is 4.40. The largest absolute Gasteiger partial charge is 0.481 e. The molecule has 0 spiro atoms. The molecule has 0 saturated heterocycles. The van der Waals surface area contributed by atoms with Crippen LogP contribution >= 0.6 is 11.3 Å². The van der Waals surface area contributed by atoms with E-state index < -0.39 is 0 Å². The Bertz CT molecular complexity index is 770. The molecule has 3 aromatic rings. The Labute approximate surface area is 133 Å². The average molecular weight is 311 g/mol. The fourth-order valence-corrected chi connectivity index (χ4v) is 3.13. The molecule has 3 aromatic heterocycles. The third kappa shape index (κ3) is 3.14. The highest BCUT2D eigenvalue weighted by molar-refractivity contribution is 7.18. The summed E-state index contributed by atoms with van der Waals surface area (Å²) < 4.78 is 5.18. The molecule has 0 bridgehead atoms. The monoisotopic (exact) mass is 311 g/mol. The first kappa shape index (κ1) is 14.7. The van der Waals surface area contributed by atoms with Gasteiger partial charge in [0.05, 0.1) is 12.0 Å². The van der Waals surface area contributed by atoms with Crippen LogP contribution in [0.5, 0.6) is 5.88 Å². The summed E-state index contributed by atoms with van der Waals surface area (Å²) in [5.41, 5.74) is 3.30. The van der Waals surface area contributed by atoms with Crippen LogP contribution in [-0.2, 0) is 6.42 Å². The van der Waals surface area contributed by atoms with Gasteiger partial charge >= 0.3 is 0 Å². The highest BCUT2D eigenvalue weighted by Gasteiger charge is 2.08. The summed E-state index contributed by atoms with van der Waals surface area (Å²) in [5, 5.41) is 1.01. The van der Waals surface area contributed by atoms with Crippen molar-refractivity contribution in [1.29, 1.82) is 0 Å². The lowest BCUT2D eigenvalue weighted by Gasteiger charge is -2.01. The van der Waals surface area contributed by atoms with Crippen molar-refractivity contribution in [2.24, 2.45) is 0 Å². The van der Waals surface area contributed by atoms with E-state index in [1.807, 2.05) is 30.6 Å². The van der Waals surface area contributed by atoms with E-state index in [0.717, 1.165) is 39.5 Å². The van der Waals surface area contributed by atoms with Gasteiger partial charge in [0.2, 0.25) is 5.88 Å². The number of nitrogens with zero attached hydrogens (tertiary/aromatic N) is 3. The van der Waals surface area contributed by atoms with E-state index in [1.165, 1.54) is 0 Å². The minimum absolute atomic E-state index is 0.613. The predicted molar refractivity (Wildman–Crippen MR) is 89.1 cm³/mol. The molecule has 0 amide bonds. The predicted octanol–water partition coefficient (Wildman–Crippen LogP) is 4.23. The lowest BCUT2D eigenvalue weighted by atomic mass is 10.2. The number of aromatic nitrogens is 3. The van der Waals surface area contributed by atoms with Gasteiger partial charge < -0.3 is 4.74 Å². The van der Waals surface area contributed by atoms with Gasteiger partial charge in [-0.1, -0.05) is 13.3 Å². The van der Waals surface area contributed by atoms with Crippen LogP contribution in [0.4, 0.5) is 0 Å². The second-order valence-corrected chi connectivity index (χ2v) is 5.93. The minimum Gasteiger partial charge on any atom is -0.481 e. The number of aryl methyl sites for hydroxylation is 1. The van der Waals surface area contributed by atoms with E-state index in [4.69, 9.17) is 4.74 Å². The van der Waals surface area contributed by atoms with Gasteiger partial charge in [0.15, 0.2) is 0 Å². The number of pyridine rings is 2. The van der Waals surface area contributed by atoms with E-state index in [0.29, 0.717) is 5.88 Å². The van der Waals surface area contributed by atoms with E-state index in [2.05, 4.69) is 27.9 Å². The normalized spacial score (nSPS) is 10.6. The fourth-order valence-electron chi connectivity index (χ4n) is 2.22. The highest BCUT2D eigenvalue weighted by Crippen LogP contribution is 2.32. The van der Waals surface area contributed by atoms with Gasteiger partial charge in [-0.25, -0.2) is 9.97 Å². The molecule has 0 radical (unpaired) electrons. The average Bonchev–Trinajstić information content (AvgIpc) is 3.06. The van der Waals surface area contributed by atoms with E-state index in [9.17, 15) is 0 Å². The van der Waals surface area contributed by atoms with Crippen LogP contribution in [0, 0.1) is 0 Å². The summed E-state index contributed by atoms with van der Waals surface area (Å²) in [6.45, 7) is 2.16. The number of ether oxygens (including phenoxy) is 1. The summed E-state index contributed by atoms with van der Waals surface area (Å²) in [4.78, 5) is 14.2. The van der Waals surface area contributed by atoms with Crippen LogP contribution in [0.1, 0.15) is 19.0 Å². The Hall–Kier alpha value is -2.27. The van der Waals surface area contributed by atoms with Gasteiger partial charge in [0, 0.05) is 41.5 Å². The molecule has 0 saturated carbocycles. The second-order valence-electron chi connectivity index (χ2n) is 4.90. The standard InChI is InChI=1S/C17H17N3OS/c1-3-4-14-9-13(6-7-18-14)17-20-11-15(22-17)12-5-8-19-16(10-12)21-2/h5-11H,3-4H2,1-2H3. The van der Waals surface area contributed by atoms with Crippen LogP contribution < -0.4 is 4.74 Å². The Morgan fingerprint density at radius 3 is 2.68 bits per heavy atom. The van der Waals surface area contributed by atoms with Crippen molar-refractivity contribution in [3.63, 3.8) is 0 Å². The molecule has 0 N–H and O–H groups in total. The minimum atomic E-state index is 0.613. The Balaban J connectivity index is 1.91. The smallest absolute Gasteiger partial charge is 0.213 e. The molecule has 112 valence electrons. The van der Waals surface area contributed by atoms with Crippen molar-refractivity contribution in [1.82, 2.24) is 15.0 Å². The van der Waals surface area contributed by atoms with Crippen LogP contribution in [0.3, 0.4) is 0 Å². The molecular formula is C17H17N3OS. The van der Waals surface area contributed by atoms with Crippen molar-refractivity contribution in [2.45, 2.75) is 19.8 Å². The number of rotatable bonds is 5. The van der Waals surface area contributed by atoms with Crippen LogP contribution in [0.15, 0.2) is 42.9 Å². The van der Waals surface area contributed by atoms with E-state index in [1.54, 1.807) is 24.6 Å². The summed E-state index contributed by atoms with van der Waals surface area (Å²) in [5.74, 6) is 0.613. The van der Waals surface area contributed by atoms with Crippen molar-refractivity contribution in [3.05, 3.63) is 48.5 Å². The van der Waals surface area contributed by atoms with Crippen LogP contribution in [0.25, 0.3) is 21.0 Å². The molecule has 0 unspecified atom stereocenters. The maximum Gasteiger partial charge on any atom is 0.213 e. The number of methoxy groups -OCH3 is 1. The van der Waals surface area contributed by atoms with Gasteiger partial charge in [-0.05, 0) is 24.6 Å². The van der Waals surface area contributed by atoms with Crippen LogP contribution in [0.2, 0.25) is 0 Å². The Kier molecular flexibility index (Phi) is 4.44. The first-order valence-corrected chi connectivity index (χ1v) is 8.03. The molecular weight excluding hydrogens is 294 g/mol. The van der Waals surface area contributed by atoms with Gasteiger partial charge in [0.1, 0.15) is 5.01 Å². The SMILES string of the molecule is CCCc1cc(-c2ncc(-c3ccnc(OC)c3)s2)ccn1. The van der Waals surface area contributed by atoms with Crippen LogP contribution in [-0.4, -0.2) is 22.1 Å².